The molecule has 0 aliphatic carbocycles. The molecule has 0 bridgehead atoms. The van der Waals surface area contributed by atoms with Gasteiger partial charge in [0, 0.05) is 48.3 Å². The van der Waals surface area contributed by atoms with Crippen LogP contribution in [0.15, 0.2) is 60.4 Å². The molecule has 0 spiro atoms. The van der Waals surface area contributed by atoms with Gasteiger partial charge in [0.25, 0.3) is 0 Å². The molecule has 1 radical (unpaired) electrons. The summed E-state index contributed by atoms with van der Waals surface area (Å²) in [5, 5.41) is 13.0. The van der Waals surface area contributed by atoms with Crippen LogP contribution in [0.25, 0.3) is 32.9 Å². The van der Waals surface area contributed by atoms with Gasteiger partial charge in [0.2, 0.25) is 0 Å². The molecule has 0 saturated carbocycles. The topological polar surface area (TPSA) is 63.1 Å². The van der Waals surface area contributed by atoms with Crippen molar-refractivity contribution in [1.82, 2.24) is 9.97 Å². The van der Waals surface area contributed by atoms with E-state index in [-0.39, 0.29) is 48.4 Å². The van der Waals surface area contributed by atoms with Gasteiger partial charge in [-0.1, -0.05) is 119 Å². The quantitative estimate of drug-likeness (QED) is 0.0983. The summed E-state index contributed by atoms with van der Waals surface area (Å²) in [7, 11) is 0. The van der Waals surface area contributed by atoms with E-state index in [1.165, 1.54) is 22.4 Å². The first kappa shape index (κ1) is 35.3. The van der Waals surface area contributed by atoms with E-state index >= 15 is 0 Å². The number of ketones is 1. The van der Waals surface area contributed by atoms with Gasteiger partial charge in [0.1, 0.15) is 11.6 Å². The number of aliphatic hydroxyl groups excluding tert-OH is 1. The van der Waals surface area contributed by atoms with Crippen LogP contribution in [0.5, 0.6) is 0 Å². The molecule has 0 fully saturated rings. The molecule has 1 N–H and O–H groups in total. The molecule has 4 rings (SSSR count). The van der Waals surface area contributed by atoms with Crippen LogP contribution in [0.4, 0.5) is 0 Å². The van der Waals surface area contributed by atoms with E-state index in [1.54, 1.807) is 0 Å². The summed E-state index contributed by atoms with van der Waals surface area (Å²) in [6.07, 6.45) is 1.33. The average Bonchev–Trinajstić information content (AvgIpc) is 2.86. The van der Waals surface area contributed by atoms with Gasteiger partial charge >= 0.3 is 0 Å². The molecular formula is C37H47IrN2O2-. The van der Waals surface area contributed by atoms with E-state index in [4.69, 9.17) is 9.97 Å². The molecule has 5 heteroatoms. The normalized spacial score (nSPS) is 12.6. The van der Waals surface area contributed by atoms with Gasteiger partial charge < -0.3 is 5.11 Å². The van der Waals surface area contributed by atoms with Crippen molar-refractivity contribution in [2.24, 2.45) is 10.8 Å². The van der Waals surface area contributed by atoms with Crippen molar-refractivity contribution in [3.63, 3.8) is 0 Å². The summed E-state index contributed by atoms with van der Waals surface area (Å²) in [5.41, 5.74) is 4.81. The predicted octanol–water partition coefficient (Wildman–Crippen LogP) is 10.1. The fraction of sp³-hybridized carbons (Fsp3) is 0.432. The number of allylic oxidation sites excluding steroid dienone is 2. The summed E-state index contributed by atoms with van der Waals surface area (Å²) in [6.45, 7) is 24.3. The van der Waals surface area contributed by atoms with Gasteiger partial charge in [-0.05, 0) is 21.9 Å². The second kappa shape index (κ2) is 13.2. The number of nitrogens with zero attached hydrogens (tertiary/aromatic N) is 2. The number of aliphatic hydroxyl groups is 1. The van der Waals surface area contributed by atoms with Gasteiger partial charge in [-0.3, -0.25) is 9.78 Å². The Kier molecular flexibility index (Phi) is 11.1. The molecule has 227 valence electrons. The Hall–Kier alpha value is -2.88. The van der Waals surface area contributed by atoms with Crippen LogP contribution in [0.3, 0.4) is 0 Å². The van der Waals surface area contributed by atoms with Crippen LogP contribution >= 0.6 is 0 Å². The Balaban J connectivity index is 0.000000377. The molecule has 1 heterocycles. The van der Waals surface area contributed by atoms with Gasteiger partial charge in [-0.2, -0.15) is 0 Å². The number of benzene rings is 3. The zero-order valence-electron chi connectivity index (χ0n) is 27.4. The summed E-state index contributed by atoms with van der Waals surface area (Å²) in [4.78, 5) is 21.4. The number of aromatic nitrogens is 2. The fourth-order valence-corrected chi connectivity index (χ4v) is 4.18. The number of fused-ring (bicyclic) bond motifs is 3. The van der Waals surface area contributed by atoms with Crippen molar-refractivity contribution in [3.8, 4) is 11.3 Å². The second-order valence-electron chi connectivity index (χ2n) is 14.4. The van der Waals surface area contributed by atoms with E-state index in [1.807, 2.05) is 41.5 Å². The third-order valence-electron chi connectivity index (χ3n) is 7.03. The minimum Gasteiger partial charge on any atom is -0.512 e. The van der Waals surface area contributed by atoms with Gasteiger partial charge in [0.15, 0.2) is 5.78 Å². The zero-order valence-corrected chi connectivity index (χ0v) is 29.8. The maximum absolute atomic E-state index is 11.5. The largest absolute Gasteiger partial charge is 0.512 e. The molecule has 0 unspecified atom stereocenters. The van der Waals surface area contributed by atoms with Crippen LogP contribution in [0.2, 0.25) is 0 Å². The van der Waals surface area contributed by atoms with E-state index in [0.717, 1.165) is 33.5 Å². The molecule has 4 aromatic rings. The van der Waals surface area contributed by atoms with Gasteiger partial charge in [-0.25, -0.2) is 4.98 Å². The third kappa shape index (κ3) is 8.58. The Morgan fingerprint density at radius 2 is 1.48 bits per heavy atom. The van der Waals surface area contributed by atoms with Gasteiger partial charge in [-0.15, -0.1) is 34.9 Å². The molecule has 4 nitrogen and oxygen atoms in total. The molecule has 0 saturated heterocycles. The summed E-state index contributed by atoms with van der Waals surface area (Å²) in [5.74, 6) is 1.24. The predicted molar refractivity (Wildman–Crippen MR) is 173 cm³/mol. The Bertz CT molecular complexity index is 1600. The number of hydrogen-bond donors (Lipinski definition) is 1. The van der Waals surface area contributed by atoms with Crippen LogP contribution in [-0.2, 0) is 30.3 Å². The van der Waals surface area contributed by atoms with E-state index in [0.29, 0.717) is 0 Å². The maximum Gasteiger partial charge on any atom is 0.164 e. The fourth-order valence-electron chi connectivity index (χ4n) is 4.18. The molecule has 0 aliphatic heterocycles. The Morgan fingerprint density at radius 3 is 2.02 bits per heavy atom. The first-order valence-corrected chi connectivity index (χ1v) is 14.5. The number of rotatable bonds is 3. The summed E-state index contributed by atoms with van der Waals surface area (Å²) in [6, 6.07) is 20.8. The van der Waals surface area contributed by atoms with Crippen molar-refractivity contribution in [2.75, 3.05) is 0 Å². The maximum atomic E-state index is 11.5. The van der Waals surface area contributed by atoms with Crippen molar-refractivity contribution in [1.29, 1.82) is 0 Å². The standard InChI is InChI=1S/C26H27N2.C11H20O2.Ir/c1-16(2)25-27-23(19-13-17(3)14-20(15-19)26(4,5)6)22-12-11-18-9-7-8-10-21(18)24(22)28-25;1-10(2,3)8(12)7-9(13)11(4,5)6;/h7-12,14-16H,1-6H3;7,12H,1-6H3;/q-1;;/b;8-7-;. The Labute approximate surface area is 266 Å². The van der Waals surface area contributed by atoms with Crippen LogP contribution in [0.1, 0.15) is 99.0 Å². The summed E-state index contributed by atoms with van der Waals surface area (Å²) < 4.78 is 0. The molecular weight excluding hydrogens is 697 g/mol. The van der Waals surface area contributed by atoms with Crippen molar-refractivity contribution in [2.45, 2.75) is 94.4 Å². The molecule has 42 heavy (non-hydrogen) atoms. The first-order chi connectivity index (χ1) is 18.8. The van der Waals surface area contributed by atoms with Crippen molar-refractivity contribution >= 4 is 27.5 Å². The van der Waals surface area contributed by atoms with Gasteiger partial charge in [0.05, 0.1) is 5.52 Å². The monoisotopic (exact) mass is 744 g/mol. The van der Waals surface area contributed by atoms with Crippen molar-refractivity contribution < 1.29 is 30.0 Å². The van der Waals surface area contributed by atoms with E-state index in [9.17, 15) is 9.90 Å². The van der Waals surface area contributed by atoms with E-state index < -0.39 is 5.41 Å². The van der Waals surface area contributed by atoms with E-state index in [2.05, 4.69) is 96.1 Å². The van der Waals surface area contributed by atoms with Crippen LogP contribution < -0.4 is 0 Å². The average molecular weight is 744 g/mol. The molecule has 0 atom stereocenters. The SMILES string of the molecule is CC(C)(C)C(=O)/C=C(\O)C(C)(C)C.Cc1[c-]c(-c2nc(C(C)C)nc3c2ccc2ccccc23)cc(C(C)(C)C)c1.[Ir]. The van der Waals surface area contributed by atoms with Crippen LogP contribution in [0, 0.1) is 23.8 Å². The molecule has 1 aromatic heterocycles. The Morgan fingerprint density at radius 1 is 0.857 bits per heavy atom. The minimum atomic E-state index is -0.417. The zero-order chi connectivity index (χ0) is 30.9. The minimum absolute atomic E-state index is 0. The van der Waals surface area contributed by atoms with Crippen LogP contribution in [-0.4, -0.2) is 20.9 Å². The molecule has 0 aliphatic rings. The second-order valence-corrected chi connectivity index (χ2v) is 14.4. The number of carbonyl (C=O) groups excluding carboxylic acids is 1. The van der Waals surface area contributed by atoms with Crippen molar-refractivity contribution in [3.05, 3.63) is 83.4 Å². The third-order valence-corrected chi connectivity index (χ3v) is 7.03. The number of carbonyl (C=O) groups is 1. The summed E-state index contributed by atoms with van der Waals surface area (Å²) >= 11 is 0. The molecule has 3 aromatic carbocycles. The smallest absolute Gasteiger partial charge is 0.164 e. The molecule has 0 amide bonds. The number of aryl methyl sites for hydroxylation is 1. The number of hydrogen-bond acceptors (Lipinski definition) is 4. The first-order valence-electron chi connectivity index (χ1n) is 14.5.